The number of nitrogens with one attached hydrogen (secondary N) is 1. The third kappa shape index (κ3) is 10.1. The molecule has 4 nitrogen and oxygen atoms in total. The number of aliphatic hydroxyl groups is 2. The second kappa shape index (κ2) is 8.73. The Morgan fingerprint density at radius 3 is 2.16 bits per heavy atom. The van der Waals surface area contributed by atoms with E-state index in [4.69, 9.17) is 9.84 Å². The fourth-order valence-electron chi connectivity index (χ4n) is 1.57. The van der Waals surface area contributed by atoms with E-state index in [1.807, 2.05) is 6.92 Å². The molecule has 3 N–H and O–H groups in total. The predicted molar refractivity (Wildman–Crippen MR) is 65.8 cm³/mol. The van der Waals surface area contributed by atoms with Gasteiger partial charge in [0.25, 0.3) is 0 Å². The van der Waals surface area contributed by atoms with Crippen molar-refractivity contribution in [3.63, 3.8) is 0 Å². The van der Waals surface area contributed by atoms with Crippen molar-refractivity contribution in [3.05, 3.63) is 0 Å². The van der Waals surface area contributed by atoms with Crippen LogP contribution in [0.25, 0.3) is 0 Å². The van der Waals surface area contributed by atoms with Gasteiger partial charge in [-0.2, -0.15) is 13.2 Å². The molecule has 3 unspecified atom stereocenters. The van der Waals surface area contributed by atoms with E-state index in [1.165, 1.54) is 0 Å². The van der Waals surface area contributed by atoms with Crippen LogP contribution in [0.2, 0.25) is 0 Å². The van der Waals surface area contributed by atoms with E-state index >= 15 is 0 Å². The van der Waals surface area contributed by atoms with E-state index in [0.29, 0.717) is 5.92 Å². The molecule has 116 valence electrons. The second-order valence-corrected chi connectivity index (χ2v) is 5.14. The molecule has 0 aromatic heterocycles. The highest BCUT2D eigenvalue weighted by Gasteiger charge is 2.37. The number of ether oxygens (including phenoxy) is 1. The molecular weight excluding hydrogens is 263 g/mol. The summed E-state index contributed by atoms with van der Waals surface area (Å²) in [6.07, 6.45) is -7.10. The first-order valence-corrected chi connectivity index (χ1v) is 6.38. The van der Waals surface area contributed by atoms with E-state index in [-0.39, 0.29) is 19.3 Å². The lowest BCUT2D eigenvalue weighted by Crippen LogP contribution is -2.41. The van der Waals surface area contributed by atoms with Gasteiger partial charge >= 0.3 is 6.18 Å². The third-order valence-corrected chi connectivity index (χ3v) is 2.47. The minimum absolute atomic E-state index is 0.00424. The molecule has 0 aromatic carbocycles. The quantitative estimate of drug-likeness (QED) is 0.598. The molecule has 0 aliphatic carbocycles. The van der Waals surface area contributed by atoms with Crippen LogP contribution in [-0.2, 0) is 4.74 Å². The van der Waals surface area contributed by atoms with Crippen molar-refractivity contribution in [3.8, 4) is 0 Å². The average molecular weight is 287 g/mol. The Kier molecular flexibility index (Phi) is 8.56. The van der Waals surface area contributed by atoms with E-state index in [2.05, 4.69) is 19.2 Å². The van der Waals surface area contributed by atoms with Crippen molar-refractivity contribution in [2.75, 3.05) is 19.7 Å². The highest BCUT2D eigenvalue weighted by atomic mass is 19.4. The zero-order valence-electron chi connectivity index (χ0n) is 11.6. The fourth-order valence-corrected chi connectivity index (χ4v) is 1.57. The van der Waals surface area contributed by atoms with Crippen LogP contribution in [0.15, 0.2) is 0 Å². The lowest BCUT2D eigenvalue weighted by atomic mass is 10.1. The minimum atomic E-state index is -4.64. The highest BCUT2D eigenvalue weighted by molar-refractivity contribution is 4.69. The molecule has 0 rings (SSSR count). The average Bonchev–Trinajstić information content (AvgIpc) is 2.24. The number of halogens is 3. The Morgan fingerprint density at radius 2 is 1.68 bits per heavy atom. The van der Waals surface area contributed by atoms with E-state index in [0.717, 1.165) is 6.42 Å². The van der Waals surface area contributed by atoms with Gasteiger partial charge in [0.2, 0.25) is 0 Å². The van der Waals surface area contributed by atoms with Crippen molar-refractivity contribution >= 4 is 0 Å². The summed E-state index contributed by atoms with van der Waals surface area (Å²) in [5.74, 6) is 0.479. The van der Waals surface area contributed by atoms with Crippen LogP contribution in [0.1, 0.15) is 27.2 Å². The molecule has 0 saturated heterocycles. The van der Waals surface area contributed by atoms with Crippen LogP contribution in [0, 0.1) is 5.92 Å². The Hall–Kier alpha value is -0.370. The highest BCUT2D eigenvalue weighted by Crippen LogP contribution is 2.19. The number of alkyl halides is 3. The molecule has 0 amide bonds. The van der Waals surface area contributed by atoms with Gasteiger partial charge in [0.15, 0.2) is 6.10 Å². The summed E-state index contributed by atoms with van der Waals surface area (Å²) in [5.41, 5.74) is 0. The smallest absolute Gasteiger partial charge is 0.389 e. The molecule has 0 bridgehead atoms. The molecule has 3 atom stereocenters. The predicted octanol–water partition coefficient (Wildman–Crippen LogP) is 1.31. The first-order valence-electron chi connectivity index (χ1n) is 6.38. The lowest BCUT2D eigenvalue weighted by molar-refractivity contribution is -0.202. The van der Waals surface area contributed by atoms with Crippen LogP contribution in [0.4, 0.5) is 13.2 Å². The molecule has 19 heavy (non-hydrogen) atoms. The van der Waals surface area contributed by atoms with E-state index in [1.54, 1.807) is 0 Å². The van der Waals surface area contributed by atoms with Gasteiger partial charge in [-0.25, -0.2) is 0 Å². The normalized spacial score (nSPS) is 17.5. The Labute approximate surface area is 112 Å². The monoisotopic (exact) mass is 287 g/mol. The zero-order valence-corrected chi connectivity index (χ0v) is 11.6. The van der Waals surface area contributed by atoms with Gasteiger partial charge in [0.1, 0.15) is 0 Å². The van der Waals surface area contributed by atoms with Gasteiger partial charge in [0.05, 0.1) is 18.8 Å². The SMILES string of the molecule is CC(C)CC(C)OCC(O)CNCC(O)C(F)(F)F. The van der Waals surface area contributed by atoms with Crippen molar-refractivity contribution in [1.82, 2.24) is 5.32 Å². The van der Waals surface area contributed by atoms with Gasteiger partial charge in [-0.15, -0.1) is 0 Å². The minimum Gasteiger partial charge on any atom is -0.389 e. The fraction of sp³-hybridized carbons (Fsp3) is 1.00. The molecular formula is C12H24F3NO3. The summed E-state index contributed by atoms with van der Waals surface area (Å²) >= 11 is 0. The van der Waals surface area contributed by atoms with Gasteiger partial charge in [-0.1, -0.05) is 13.8 Å². The Morgan fingerprint density at radius 1 is 1.11 bits per heavy atom. The second-order valence-electron chi connectivity index (χ2n) is 5.14. The standard InChI is InChI=1S/C12H24F3NO3/c1-8(2)4-9(3)19-7-10(17)5-16-6-11(18)12(13,14)15/h8-11,16-18H,4-7H2,1-3H3. The van der Waals surface area contributed by atoms with Gasteiger partial charge < -0.3 is 20.3 Å². The zero-order chi connectivity index (χ0) is 15.1. The number of aliphatic hydroxyl groups excluding tert-OH is 2. The molecule has 0 spiro atoms. The van der Waals surface area contributed by atoms with Crippen LogP contribution in [-0.4, -0.2) is 54.4 Å². The first-order chi connectivity index (χ1) is 8.62. The van der Waals surface area contributed by atoms with E-state index in [9.17, 15) is 18.3 Å². The Balaban J connectivity index is 3.68. The molecule has 0 fully saturated rings. The topological polar surface area (TPSA) is 61.7 Å². The summed E-state index contributed by atoms with van der Waals surface area (Å²) in [5, 5.41) is 20.6. The van der Waals surface area contributed by atoms with Crippen LogP contribution >= 0.6 is 0 Å². The van der Waals surface area contributed by atoms with Crippen molar-refractivity contribution in [2.45, 2.75) is 51.7 Å². The number of rotatable bonds is 9. The maximum Gasteiger partial charge on any atom is 0.415 e. The maximum atomic E-state index is 12.0. The molecule has 0 aliphatic rings. The van der Waals surface area contributed by atoms with Crippen LogP contribution < -0.4 is 5.32 Å². The van der Waals surface area contributed by atoms with Crippen molar-refractivity contribution in [1.29, 1.82) is 0 Å². The lowest BCUT2D eigenvalue weighted by Gasteiger charge is -2.19. The van der Waals surface area contributed by atoms with Crippen LogP contribution in [0.5, 0.6) is 0 Å². The summed E-state index contributed by atoms with van der Waals surface area (Å²) in [6, 6.07) is 0. The van der Waals surface area contributed by atoms with Crippen LogP contribution in [0.3, 0.4) is 0 Å². The molecule has 0 aromatic rings. The number of hydrogen-bond acceptors (Lipinski definition) is 4. The maximum absolute atomic E-state index is 12.0. The van der Waals surface area contributed by atoms with Crippen molar-refractivity contribution < 1.29 is 28.1 Å². The van der Waals surface area contributed by atoms with Gasteiger partial charge in [0, 0.05) is 13.1 Å². The molecule has 0 saturated carbocycles. The van der Waals surface area contributed by atoms with Gasteiger partial charge in [-0.3, -0.25) is 0 Å². The molecule has 0 heterocycles. The van der Waals surface area contributed by atoms with Crippen molar-refractivity contribution in [2.24, 2.45) is 5.92 Å². The molecule has 7 heteroatoms. The summed E-state index contributed by atoms with van der Waals surface area (Å²) in [4.78, 5) is 0. The Bertz CT molecular complexity index is 237. The summed E-state index contributed by atoms with van der Waals surface area (Å²) < 4.78 is 41.3. The molecule has 0 radical (unpaired) electrons. The summed E-state index contributed by atoms with van der Waals surface area (Å²) in [6.45, 7) is 5.35. The van der Waals surface area contributed by atoms with Gasteiger partial charge in [-0.05, 0) is 19.3 Å². The summed E-state index contributed by atoms with van der Waals surface area (Å²) in [7, 11) is 0. The molecule has 0 aliphatic heterocycles. The third-order valence-electron chi connectivity index (χ3n) is 2.47. The van der Waals surface area contributed by atoms with E-state index < -0.39 is 24.9 Å². The first kappa shape index (κ1) is 18.6. The number of hydrogen-bond donors (Lipinski definition) is 3. The largest absolute Gasteiger partial charge is 0.415 e.